The summed E-state index contributed by atoms with van der Waals surface area (Å²) >= 11 is 0. The molecule has 1 aliphatic heterocycles. The number of benzene rings is 5. The maximum Gasteiger partial charge on any atom is 0.338 e. The third kappa shape index (κ3) is 9.08. The molecular formula is C40H38O8. The molecule has 0 spiro atoms. The highest BCUT2D eigenvalue weighted by Crippen LogP contribution is 2.33. The van der Waals surface area contributed by atoms with Crippen LogP contribution >= 0.6 is 0 Å². The van der Waals surface area contributed by atoms with Crippen LogP contribution in [0.5, 0.6) is 11.5 Å². The number of carbonyl (C=O) groups excluding carboxylic acids is 1. The van der Waals surface area contributed by atoms with Crippen molar-refractivity contribution < 1.29 is 38.3 Å². The van der Waals surface area contributed by atoms with Crippen molar-refractivity contribution in [2.45, 2.75) is 50.5 Å². The maximum atomic E-state index is 13.6. The fourth-order valence-corrected chi connectivity index (χ4v) is 5.45. The van der Waals surface area contributed by atoms with E-state index in [0.29, 0.717) is 17.9 Å². The normalized spacial score (nSPS) is 20.5. The van der Waals surface area contributed by atoms with Crippen LogP contribution in [0.2, 0.25) is 0 Å². The molecule has 5 aromatic carbocycles. The Morgan fingerprint density at radius 3 is 1.65 bits per heavy atom. The van der Waals surface area contributed by atoms with E-state index in [2.05, 4.69) is 0 Å². The highest BCUT2D eigenvalue weighted by molar-refractivity contribution is 5.89. The first kappa shape index (κ1) is 32.9. The molecule has 0 aromatic heterocycles. The van der Waals surface area contributed by atoms with Crippen LogP contribution in [0.15, 0.2) is 146 Å². The zero-order valence-corrected chi connectivity index (χ0v) is 26.4. The zero-order chi connectivity index (χ0) is 33.0. The second-order valence-electron chi connectivity index (χ2n) is 11.4. The highest BCUT2D eigenvalue weighted by atomic mass is 16.7. The minimum atomic E-state index is -1.11. The Hall–Kier alpha value is -4.99. The Kier molecular flexibility index (Phi) is 11.5. The van der Waals surface area contributed by atoms with Crippen molar-refractivity contribution in [2.75, 3.05) is 6.61 Å². The molecule has 1 N–H and O–H groups in total. The Morgan fingerprint density at radius 2 is 1.08 bits per heavy atom. The van der Waals surface area contributed by atoms with Gasteiger partial charge in [0.1, 0.15) is 29.8 Å². The molecule has 1 saturated heterocycles. The van der Waals surface area contributed by atoms with Gasteiger partial charge in [0.05, 0.1) is 32.0 Å². The van der Waals surface area contributed by atoms with Gasteiger partial charge in [0.15, 0.2) is 6.10 Å². The van der Waals surface area contributed by atoms with Crippen LogP contribution in [-0.4, -0.2) is 48.4 Å². The van der Waals surface area contributed by atoms with Crippen LogP contribution in [0, 0.1) is 0 Å². The van der Waals surface area contributed by atoms with E-state index in [4.69, 9.17) is 28.4 Å². The largest absolute Gasteiger partial charge is 0.508 e. The van der Waals surface area contributed by atoms with Crippen molar-refractivity contribution in [1.29, 1.82) is 0 Å². The average molecular weight is 647 g/mol. The fraction of sp³-hybridized carbons (Fsp3) is 0.225. The van der Waals surface area contributed by atoms with Crippen LogP contribution in [0.1, 0.15) is 27.0 Å². The van der Waals surface area contributed by atoms with Gasteiger partial charge in [-0.05, 0) is 53.1 Å². The molecular weight excluding hydrogens is 608 g/mol. The van der Waals surface area contributed by atoms with Gasteiger partial charge >= 0.3 is 5.97 Å². The van der Waals surface area contributed by atoms with Gasteiger partial charge in [-0.3, -0.25) is 0 Å². The molecule has 1 heterocycles. The highest BCUT2D eigenvalue weighted by Gasteiger charge is 2.51. The van der Waals surface area contributed by atoms with Crippen LogP contribution < -0.4 is 4.74 Å². The standard InChI is InChI=1S/C40H38O8/c41-33-21-23-34(24-22-33)46-40-38(48-39(42)32-19-11-4-12-20-32)37(45-27-31-17-9-3-10-18-31)36(44-26-30-15-7-2-8-16-30)35(47-40)28-43-25-29-13-5-1-6-14-29/h1-24,35-38,40-41H,25-28H2/t35-,36-,37+,38-,40?/m1/s1. The predicted octanol–water partition coefficient (Wildman–Crippen LogP) is 7.11. The molecule has 1 aliphatic rings. The summed E-state index contributed by atoms with van der Waals surface area (Å²) in [6.07, 6.45) is -4.39. The number of hydrogen-bond donors (Lipinski definition) is 1. The molecule has 5 aromatic rings. The van der Waals surface area contributed by atoms with Gasteiger partial charge in [0.2, 0.25) is 6.29 Å². The molecule has 8 heteroatoms. The van der Waals surface area contributed by atoms with Crippen molar-refractivity contribution in [3.63, 3.8) is 0 Å². The summed E-state index contributed by atoms with van der Waals surface area (Å²) in [7, 11) is 0. The number of aromatic hydroxyl groups is 1. The lowest BCUT2D eigenvalue weighted by molar-refractivity contribution is -0.298. The third-order valence-electron chi connectivity index (χ3n) is 7.90. The van der Waals surface area contributed by atoms with E-state index < -0.39 is 36.7 Å². The van der Waals surface area contributed by atoms with E-state index in [1.165, 1.54) is 12.1 Å². The molecule has 0 saturated carbocycles. The molecule has 48 heavy (non-hydrogen) atoms. The first-order valence-corrected chi connectivity index (χ1v) is 15.9. The summed E-state index contributed by atoms with van der Waals surface area (Å²) in [5.74, 6) is -0.0602. The van der Waals surface area contributed by atoms with Gasteiger partial charge in [0, 0.05) is 0 Å². The Balaban J connectivity index is 1.34. The molecule has 6 rings (SSSR count). The van der Waals surface area contributed by atoms with Gasteiger partial charge < -0.3 is 33.5 Å². The Morgan fingerprint density at radius 1 is 0.583 bits per heavy atom. The zero-order valence-electron chi connectivity index (χ0n) is 26.4. The smallest absolute Gasteiger partial charge is 0.338 e. The van der Waals surface area contributed by atoms with Crippen LogP contribution in [-0.2, 0) is 43.5 Å². The lowest BCUT2D eigenvalue weighted by Crippen LogP contribution is -2.63. The SMILES string of the molecule is O=C(O[C@H]1C(Oc2ccc(O)cc2)O[C@H](COCc2ccccc2)[C@@H](OCc2ccccc2)[C@@H]1OCc1ccccc1)c1ccccc1. The van der Waals surface area contributed by atoms with Crippen LogP contribution in [0.4, 0.5) is 0 Å². The van der Waals surface area contributed by atoms with Crippen molar-refractivity contribution in [1.82, 2.24) is 0 Å². The monoisotopic (exact) mass is 646 g/mol. The van der Waals surface area contributed by atoms with E-state index in [-0.39, 0.29) is 25.6 Å². The third-order valence-corrected chi connectivity index (χ3v) is 7.90. The summed E-state index contributed by atoms with van der Waals surface area (Å²) in [4.78, 5) is 13.6. The van der Waals surface area contributed by atoms with E-state index >= 15 is 0 Å². The van der Waals surface area contributed by atoms with E-state index in [9.17, 15) is 9.90 Å². The Labute approximate surface area is 280 Å². The number of rotatable bonds is 14. The number of ether oxygens (including phenoxy) is 6. The predicted molar refractivity (Wildman–Crippen MR) is 179 cm³/mol. The minimum Gasteiger partial charge on any atom is -0.508 e. The number of phenols is 1. The molecule has 0 radical (unpaired) electrons. The summed E-state index contributed by atoms with van der Waals surface area (Å²) < 4.78 is 38.6. The van der Waals surface area contributed by atoms with Gasteiger partial charge in [0.25, 0.3) is 0 Å². The van der Waals surface area contributed by atoms with Crippen molar-refractivity contribution >= 4 is 5.97 Å². The van der Waals surface area contributed by atoms with Gasteiger partial charge in [-0.15, -0.1) is 0 Å². The van der Waals surface area contributed by atoms with Crippen molar-refractivity contribution in [3.05, 3.63) is 168 Å². The van der Waals surface area contributed by atoms with Crippen molar-refractivity contribution in [3.8, 4) is 11.5 Å². The van der Waals surface area contributed by atoms with Crippen LogP contribution in [0.3, 0.4) is 0 Å². The topological polar surface area (TPSA) is 92.7 Å². The average Bonchev–Trinajstić information content (AvgIpc) is 3.14. The molecule has 5 atom stereocenters. The molecule has 0 amide bonds. The number of carbonyl (C=O) groups is 1. The molecule has 0 aliphatic carbocycles. The van der Waals surface area contributed by atoms with Crippen LogP contribution in [0.25, 0.3) is 0 Å². The first-order chi connectivity index (χ1) is 23.6. The van der Waals surface area contributed by atoms with E-state index in [1.807, 2.05) is 97.1 Å². The van der Waals surface area contributed by atoms with Gasteiger partial charge in [-0.25, -0.2) is 4.79 Å². The number of hydrogen-bond acceptors (Lipinski definition) is 8. The van der Waals surface area contributed by atoms with E-state index in [1.54, 1.807) is 36.4 Å². The van der Waals surface area contributed by atoms with Crippen molar-refractivity contribution in [2.24, 2.45) is 0 Å². The molecule has 8 nitrogen and oxygen atoms in total. The lowest BCUT2D eigenvalue weighted by Gasteiger charge is -2.45. The van der Waals surface area contributed by atoms with E-state index in [0.717, 1.165) is 16.7 Å². The summed E-state index contributed by atoms with van der Waals surface area (Å²) in [5, 5.41) is 9.89. The summed E-state index contributed by atoms with van der Waals surface area (Å²) in [6.45, 7) is 0.990. The lowest BCUT2D eigenvalue weighted by atomic mass is 9.97. The van der Waals surface area contributed by atoms with Gasteiger partial charge in [-0.1, -0.05) is 109 Å². The Bertz CT molecular complexity index is 1670. The molecule has 1 fully saturated rings. The minimum absolute atomic E-state index is 0.0876. The second kappa shape index (κ2) is 16.7. The summed E-state index contributed by atoms with van der Waals surface area (Å²) in [5.41, 5.74) is 3.28. The maximum absolute atomic E-state index is 13.6. The van der Waals surface area contributed by atoms with Gasteiger partial charge in [-0.2, -0.15) is 0 Å². The number of esters is 1. The summed E-state index contributed by atoms with van der Waals surface area (Å²) in [6, 6.07) is 44.4. The molecule has 1 unspecified atom stereocenters. The first-order valence-electron chi connectivity index (χ1n) is 15.9. The molecule has 246 valence electrons. The quantitative estimate of drug-likeness (QED) is 0.128. The number of phenolic OH excluding ortho intramolecular Hbond substituents is 1. The fourth-order valence-electron chi connectivity index (χ4n) is 5.45. The second-order valence-corrected chi connectivity index (χ2v) is 11.4. The molecule has 0 bridgehead atoms.